The number of carbonyl (C=O) groups excluding carboxylic acids is 1. The van der Waals surface area contributed by atoms with Crippen molar-refractivity contribution >= 4 is 12.2 Å². The van der Waals surface area contributed by atoms with Crippen molar-refractivity contribution in [2.45, 2.75) is 64.7 Å². The predicted octanol–water partition coefficient (Wildman–Crippen LogP) is 7.63. The molecule has 0 saturated carbocycles. The van der Waals surface area contributed by atoms with Crippen molar-refractivity contribution in [1.29, 1.82) is 0 Å². The van der Waals surface area contributed by atoms with Gasteiger partial charge in [-0.1, -0.05) is 39.2 Å². The second kappa shape index (κ2) is 14.7. The molecule has 1 aliphatic rings. The highest BCUT2D eigenvalue weighted by atomic mass is 19.4. The minimum atomic E-state index is -4.70. The molecule has 0 bridgehead atoms. The van der Waals surface area contributed by atoms with Crippen LogP contribution in [0.4, 0.5) is 22.0 Å². The molecule has 0 fully saturated rings. The van der Waals surface area contributed by atoms with E-state index in [-0.39, 0.29) is 53.8 Å². The highest BCUT2D eigenvalue weighted by molar-refractivity contribution is 5.82. The van der Waals surface area contributed by atoms with E-state index in [0.717, 1.165) is 31.4 Å². The number of nitrogens with one attached hydrogen (secondary N) is 1. The molecule has 9 nitrogen and oxygen atoms in total. The maximum absolute atomic E-state index is 14.5. The molecule has 3 heterocycles. The van der Waals surface area contributed by atoms with Gasteiger partial charge in [-0.2, -0.15) is 18.3 Å². The van der Waals surface area contributed by atoms with Crippen LogP contribution in [0.2, 0.25) is 0 Å². The number of esters is 1. The van der Waals surface area contributed by atoms with Gasteiger partial charge >= 0.3 is 12.1 Å². The Kier molecular flexibility index (Phi) is 10.5. The van der Waals surface area contributed by atoms with E-state index < -0.39 is 35.4 Å². The fraction of sp³-hybridized carbons (Fsp3) is 0.364. The number of imidazole rings is 1. The van der Waals surface area contributed by atoms with Crippen LogP contribution in [-0.4, -0.2) is 50.3 Å². The lowest BCUT2D eigenvalue weighted by molar-refractivity contribution is -0.151. The zero-order valence-corrected chi connectivity index (χ0v) is 25.8. The zero-order valence-electron chi connectivity index (χ0n) is 25.8. The molecule has 0 spiro atoms. The maximum atomic E-state index is 14.5. The van der Waals surface area contributed by atoms with Gasteiger partial charge < -0.3 is 14.5 Å². The minimum absolute atomic E-state index is 0.0337. The summed E-state index contributed by atoms with van der Waals surface area (Å²) in [4.78, 5) is 29.2. The number of fused-ring (bicyclic) bond motifs is 1. The van der Waals surface area contributed by atoms with Crippen molar-refractivity contribution in [3.63, 3.8) is 0 Å². The first-order chi connectivity index (χ1) is 22.6. The Labute approximate surface area is 267 Å². The Balaban J connectivity index is 1.44. The Morgan fingerprint density at radius 1 is 1.00 bits per heavy atom. The van der Waals surface area contributed by atoms with Gasteiger partial charge in [0.15, 0.2) is 23.5 Å². The summed E-state index contributed by atoms with van der Waals surface area (Å²) in [6.07, 6.45) is 3.33. The number of benzene rings is 2. The fourth-order valence-electron chi connectivity index (χ4n) is 5.04. The number of carbonyl (C=O) groups is 1. The summed E-state index contributed by atoms with van der Waals surface area (Å²) in [5.74, 6) is -2.81. The van der Waals surface area contributed by atoms with E-state index in [1.54, 1.807) is 0 Å². The number of H-pyrrole nitrogens is 1. The number of hydrogen-bond acceptors (Lipinski definition) is 8. The third kappa shape index (κ3) is 7.75. The summed E-state index contributed by atoms with van der Waals surface area (Å²) in [5, 5.41) is 5.76. The number of hydrazone groups is 1. The highest BCUT2D eigenvalue weighted by Crippen LogP contribution is 2.38. The topological polar surface area (TPSA) is 106 Å². The molecule has 1 unspecified atom stereocenters. The molecule has 1 N–H and O–H groups in total. The van der Waals surface area contributed by atoms with Gasteiger partial charge in [0, 0.05) is 23.5 Å². The third-order valence-electron chi connectivity index (χ3n) is 7.43. The summed E-state index contributed by atoms with van der Waals surface area (Å²) >= 11 is 0. The summed E-state index contributed by atoms with van der Waals surface area (Å²) in [6.45, 7) is 4.29. The fourth-order valence-corrected chi connectivity index (χ4v) is 5.04. The Morgan fingerprint density at radius 2 is 1.79 bits per heavy atom. The Bertz CT molecular complexity index is 1720. The number of aromatic amines is 1. The minimum Gasteiger partial charge on any atom is -0.494 e. The van der Waals surface area contributed by atoms with Gasteiger partial charge in [-0.3, -0.25) is 5.01 Å². The van der Waals surface area contributed by atoms with Crippen LogP contribution in [0.15, 0.2) is 53.9 Å². The molecule has 1 atom stereocenters. The quantitative estimate of drug-likeness (QED) is 0.0896. The lowest BCUT2D eigenvalue weighted by Gasteiger charge is -2.29. The molecule has 0 saturated heterocycles. The van der Waals surface area contributed by atoms with Gasteiger partial charge in [-0.25, -0.2) is 28.5 Å². The molecule has 14 heteroatoms. The van der Waals surface area contributed by atoms with Crippen molar-refractivity contribution in [1.82, 2.24) is 24.9 Å². The molecule has 5 rings (SSSR count). The van der Waals surface area contributed by atoms with Crippen LogP contribution < -0.4 is 4.74 Å². The number of alkyl halides is 3. The normalized spacial score (nSPS) is 13.4. The predicted molar refractivity (Wildman–Crippen MR) is 163 cm³/mol. The number of hydrogen-bond donors (Lipinski definition) is 1. The van der Waals surface area contributed by atoms with Crippen molar-refractivity contribution in [2.75, 3.05) is 13.2 Å². The van der Waals surface area contributed by atoms with Crippen LogP contribution in [0, 0.1) is 11.6 Å². The molecule has 2 aromatic heterocycles. The van der Waals surface area contributed by atoms with Crippen molar-refractivity contribution < 1.29 is 36.2 Å². The lowest BCUT2D eigenvalue weighted by atomic mass is 10.0. The van der Waals surface area contributed by atoms with Gasteiger partial charge in [-0.05, 0) is 43.2 Å². The first-order valence-corrected chi connectivity index (χ1v) is 15.3. The SMILES string of the molecule is CCCCCCOC(=O)C(c1cnc(-c2ccc(OCCC)cc2C(F)(F)F)nc1)N1Cc2nc(-c3cccc(F)c3F)[nH]c2C=N1. The Morgan fingerprint density at radius 3 is 2.51 bits per heavy atom. The van der Waals surface area contributed by atoms with E-state index in [1.165, 1.54) is 47.9 Å². The second-order valence-electron chi connectivity index (χ2n) is 10.9. The summed E-state index contributed by atoms with van der Waals surface area (Å²) < 4.78 is 81.4. The van der Waals surface area contributed by atoms with Crippen molar-refractivity contribution in [3.8, 4) is 28.5 Å². The summed E-state index contributed by atoms with van der Waals surface area (Å²) in [6, 6.07) is 6.13. The zero-order chi connectivity index (χ0) is 33.6. The molecule has 47 heavy (non-hydrogen) atoms. The molecular formula is C33H33F5N6O3. The number of ether oxygens (including phenoxy) is 2. The van der Waals surface area contributed by atoms with Crippen LogP contribution in [0.1, 0.15) is 74.5 Å². The number of unbranched alkanes of at least 4 members (excludes halogenated alkanes) is 3. The second-order valence-corrected chi connectivity index (χ2v) is 10.9. The molecule has 2 aromatic carbocycles. The molecular weight excluding hydrogens is 623 g/mol. The van der Waals surface area contributed by atoms with E-state index in [0.29, 0.717) is 24.2 Å². The smallest absolute Gasteiger partial charge is 0.417 e. The van der Waals surface area contributed by atoms with Crippen molar-refractivity contribution in [3.05, 3.63) is 82.9 Å². The number of rotatable bonds is 13. The lowest BCUT2D eigenvalue weighted by Crippen LogP contribution is -2.34. The van der Waals surface area contributed by atoms with E-state index in [9.17, 15) is 26.7 Å². The number of halogens is 5. The first kappa shape index (κ1) is 33.5. The number of aromatic nitrogens is 4. The van der Waals surface area contributed by atoms with E-state index in [2.05, 4.69) is 32.0 Å². The molecule has 0 amide bonds. The molecule has 248 valence electrons. The summed E-state index contributed by atoms with van der Waals surface area (Å²) in [5.41, 5.74) is -0.233. The highest BCUT2D eigenvalue weighted by Gasteiger charge is 2.36. The molecule has 0 aliphatic carbocycles. The van der Waals surface area contributed by atoms with Crippen LogP contribution in [0.5, 0.6) is 5.75 Å². The van der Waals surface area contributed by atoms with Crippen LogP contribution in [0.25, 0.3) is 22.8 Å². The maximum Gasteiger partial charge on any atom is 0.417 e. The molecule has 1 aliphatic heterocycles. The average molecular weight is 657 g/mol. The largest absolute Gasteiger partial charge is 0.494 e. The first-order valence-electron chi connectivity index (χ1n) is 15.3. The van der Waals surface area contributed by atoms with Gasteiger partial charge in [0.25, 0.3) is 0 Å². The molecule has 0 radical (unpaired) electrons. The standard InChI is InChI=1S/C33H33F5N6O3/c1-3-5-6-7-14-47-32(45)29(44-19-27-26(18-41-44)42-31(43-27)23-9-8-10-25(34)28(23)35)20-16-39-30(40-17-20)22-12-11-21(46-13-4-2)15-24(22)33(36,37)38/h8-12,15-18,29H,3-7,13-14,19H2,1-2H3,(H,42,43). The van der Waals surface area contributed by atoms with Crippen molar-refractivity contribution in [2.24, 2.45) is 5.10 Å². The van der Waals surface area contributed by atoms with E-state index in [1.807, 2.05) is 6.92 Å². The van der Waals surface area contributed by atoms with Gasteiger partial charge in [0.2, 0.25) is 0 Å². The van der Waals surface area contributed by atoms with Gasteiger partial charge in [0.1, 0.15) is 11.6 Å². The summed E-state index contributed by atoms with van der Waals surface area (Å²) in [7, 11) is 0. The van der Waals surface area contributed by atoms with Crippen LogP contribution >= 0.6 is 0 Å². The number of nitrogens with zero attached hydrogens (tertiary/aromatic N) is 5. The average Bonchev–Trinajstić information content (AvgIpc) is 3.48. The van der Waals surface area contributed by atoms with E-state index in [4.69, 9.17) is 9.47 Å². The molecule has 4 aromatic rings. The van der Waals surface area contributed by atoms with E-state index >= 15 is 0 Å². The van der Waals surface area contributed by atoms with Gasteiger partial charge in [0.05, 0.1) is 48.5 Å². The van der Waals surface area contributed by atoms with Crippen LogP contribution in [-0.2, 0) is 22.3 Å². The van der Waals surface area contributed by atoms with Crippen LogP contribution in [0.3, 0.4) is 0 Å². The monoisotopic (exact) mass is 656 g/mol. The third-order valence-corrected chi connectivity index (χ3v) is 7.43. The van der Waals surface area contributed by atoms with Gasteiger partial charge in [-0.15, -0.1) is 0 Å². The Hall–Kier alpha value is -4.88.